The standard InChI is InChI=1S/C27H21ClN2O5/c1-17-10-11-18(27(32)33)14-22(17)25-13-12-20(35-25)15-29-30-26(31)21-7-3-5-9-24(21)34-16-19-6-2-4-8-23(19)28/h2-15H,16H2,1H3,(H,30,31)(H,32,33)/b29-15+. The van der Waals surface area contributed by atoms with Crippen LogP contribution in [-0.4, -0.2) is 23.2 Å². The normalized spacial score (nSPS) is 10.9. The molecule has 0 unspecified atom stereocenters. The van der Waals surface area contributed by atoms with E-state index >= 15 is 0 Å². The van der Waals surface area contributed by atoms with Gasteiger partial charge in [0.1, 0.15) is 23.9 Å². The maximum absolute atomic E-state index is 12.7. The highest BCUT2D eigenvalue weighted by Crippen LogP contribution is 2.26. The van der Waals surface area contributed by atoms with Gasteiger partial charge in [0.25, 0.3) is 5.91 Å². The molecule has 3 aromatic carbocycles. The summed E-state index contributed by atoms with van der Waals surface area (Å²) < 4.78 is 11.6. The van der Waals surface area contributed by atoms with Gasteiger partial charge in [0, 0.05) is 16.1 Å². The van der Waals surface area contributed by atoms with E-state index in [1.54, 1.807) is 54.6 Å². The molecule has 0 fully saturated rings. The Balaban J connectivity index is 1.43. The van der Waals surface area contributed by atoms with E-state index in [1.165, 1.54) is 12.3 Å². The van der Waals surface area contributed by atoms with Crippen molar-refractivity contribution in [3.8, 4) is 17.1 Å². The number of aromatic carboxylic acids is 1. The minimum atomic E-state index is -1.02. The van der Waals surface area contributed by atoms with Crippen LogP contribution < -0.4 is 10.2 Å². The zero-order valence-corrected chi connectivity index (χ0v) is 19.5. The number of furan rings is 1. The number of benzene rings is 3. The fraction of sp³-hybridized carbons (Fsp3) is 0.0741. The first-order chi connectivity index (χ1) is 16.9. The predicted molar refractivity (Wildman–Crippen MR) is 133 cm³/mol. The van der Waals surface area contributed by atoms with Crippen molar-refractivity contribution >= 4 is 29.7 Å². The second-order valence-electron chi connectivity index (χ2n) is 7.61. The highest BCUT2D eigenvalue weighted by atomic mass is 35.5. The van der Waals surface area contributed by atoms with Crippen LogP contribution in [0.15, 0.2) is 88.4 Å². The third-order valence-corrected chi connectivity index (χ3v) is 5.58. The Morgan fingerprint density at radius 3 is 2.63 bits per heavy atom. The van der Waals surface area contributed by atoms with E-state index in [0.717, 1.165) is 11.1 Å². The lowest BCUT2D eigenvalue weighted by Gasteiger charge is -2.11. The predicted octanol–water partition coefficient (Wildman–Crippen LogP) is 5.95. The minimum absolute atomic E-state index is 0.167. The van der Waals surface area contributed by atoms with Gasteiger partial charge in [0.2, 0.25) is 0 Å². The second-order valence-corrected chi connectivity index (χ2v) is 8.02. The number of amides is 1. The largest absolute Gasteiger partial charge is 0.488 e. The number of aryl methyl sites for hydroxylation is 1. The summed E-state index contributed by atoms with van der Waals surface area (Å²) in [6, 6.07) is 22.4. The van der Waals surface area contributed by atoms with Gasteiger partial charge in [-0.05, 0) is 55.0 Å². The van der Waals surface area contributed by atoms with Gasteiger partial charge >= 0.3 is 5.97 Å². The molecule has 1 amide bonds. The van der Waals surface area contributed by atoms with Crippen molar-refractivity contribution in [1.82, 2.24) is 5.43 Å². The van der Waals surface area contributed by atoms with Gasteiger partial charge < -0.3 is 14.3 Å². The van der Waals surface area contributed by atoms with Crippen molar-refractivity contribution in [2.75, 3.05) is 0 Å². The van der Waals surface area contributed by atoms with Crippen LogP contribution in [0.2, 0.25) is 5.02 Å². The zero-order chi connectivity index (χ0) is 24.8. The van der Waals surface area contributed by atoms with Crippen LogP contribution in [-0.2, 0) is 6.61 Å². The number of nitrogens with one attached hydrogen (secondary N) is 1. The third-order valence-electron chi connectivity index (χ3n) is 5.21. The first kappa shape index (κ1) is 23.8. The monoisotopic (exact) mass is 488 g/mol. The summed E-state index contributed by atoms with van der Waals surface area (Å²) in [6.45, 7) is 2.08. The van der Waals surface area contributed by atoms with Crippen LogP contribution in [0.4, 0.5) is 0 Å². The van der Waals surface area contributed by atoms with Crippen LogP contribution in [0.3, 0.4) is 0 Å². The Bertz CT molecular complexity index is 1410. The molecule has 8 heteroatoms. The van der Waals surface area contributed by atoms with Gasteiger partial charge in [-0.25, -0.2) is 10.2 Å². The zero-order valence-electron chi connectivity index (χ0n) is 18.7. The molecule has 1 heterocycles. The van der Waals surface area contributed by atoms with Crippen LogP contribution in [0.5, 0.6) is 5.75 Å². The molecule has 0 aliphatic carbocycles. The summed E-state index contributed by atoms with van der Waals surface area (Å²) in [5.74, 6) is -0.180. The number of ether oxygens (including phenoxy) is 1. The fourth-order valence-corrected chi connectivity index (χ4v) is 3.54. The third kappa shape index (κ3) is 5.77. The number of carbonyl (C=O) groups is 2. The van der Waals surface area contributed by atoms with E-state index in [9.17, 15) is 14.7 Å². The SMILES string of the molecule is Cc1ccc(C(=O)O)cc1-c1ccc(/C=N/NC(=O)c2ccccc2OCc2ccccc2Cl)o1. The number of halogens is 1. The molecule has 0 atom stereocenters. The van der Waals surface area contributed by atoms with Crippen LogP contribution in [0.1, 0.15) is 37.6 Å². The molecule has 0 saturated heterocycles. The number of hydrogen-bond acceptors (Lipinski definition) is 5. The lowest BCUT2D eigenvalue weighted by atomic mass is 10.0. The van der Waals surface area contributed by atoms with Gasteiger partial charge in [-0.3, -0.25) is 4.79 Å². The highest BCUT2D eigenvalue weighted by molar-refractivity contribution is 6.31. The highest BCUT2D eigenvalue weighted by Gasteiger charge is 2.13. The van der Waals surface area contributed by atoms with Crippen LogP contribution in [0.25, 0.3) is 11.3 Å². The van der Waals surface area contributed by atoms with Crippen molar-refractivity contribution in [3.63, 3.8) is 0 Å². The number of carboxylic acids is 1. The first-order valence-electron chi connectivity index (χ1n) is 10.6. The molecule has 35 heavy (non-hydrogen) atoms. The first-order valence-corrected chi connectivity index (χ1v) is 11.0. The van der Waals surface area contributed by atoms with Gasteiger partial charge in [-0.15, -0.1) is 0 Å². The molecule has 0 aliphatic rings. The average molecular weight is 489 g/mol. The molecule has 0 bridgehead atoms. The van der Waals surface area contributed by atoms with Crippen molar-refractivity contribution in [2.24, 2.45) is 5.10 Å². The van der Waals surface area contributed by atoms with E-state index in [2.05, 4.69) is 10.5 Å². The number of rotatable bonds is 8. The molecule has 0 aliphatic heterocycles. The smallest absolute Gasteiger partial charge is 0.335 e. The van der Waals surface area contributed by atoms with E-state index in [-0.39, 0.29) is 12.2 Å². The number of carboxylic acid groups (broad SMARTS) is 1. The summed E-state index contributed by atoms with van der Waals surface area (Å²) in [5, 5.41) is 13.8. The molecule has 1 aromatic heterocycles. The summed E-state index contributed by atoms with van der Waals surface area (Å²) >= 11 is 6.18. The Morgan fingerprint density at radius 1 is 1.06 bits per heavy atom. The van der Waals surface area contributed by atoms with E-state index in [4.69, 9.17) is 20.8 Å². The van der Waals surface area contributed by atoms with Gasteiger partial charge in [0.15, 0.2) is 0 Å². The molecule has 0 spiro atoms. The molecule has 4 aromatic rings. The van der Waals surface area contributed by atoms with E-state index in [0.29, 0.717) is 33.4 Å². The molecular weight excluding hydrogens is 468 g/mol. The molecule has 2 N–H and O–H groups in total. The quantitative estimate of drug-likeness (QED) is 0.236. The maximum atomic E-state index is 12.7. The number of nitrogens with zero attached hydrogens (tertiary/aromatic N) is 1. The van der Waals surface area contributed by atoms with Crippen molar-refractivity contribution in [3.05, 3.63) is 112 Å². The van der Waals surface area contributed by atoms with Gasteiger partial charge in [0.05, 0.1) is 17.3 Å². The Morgan fingerprint density at radius 2 is 1.83 bits per heavy atom. The summed E-state index contributed by atoms with van der Waals surface area (Å²) in [5.41, 5.74) is 5.29. The molecule has 0 saturated carbocycles. The Kier molecular flexibility index (Phi) is 7.28. The second kappa shape index (κ2) is 10.7. The molecule has 4 rings (SSSR count). The lowest BCUT2D eigenvalue weighted by Crippen LogP contribution is -2.18. The molecular formula is C27H21ClN2O5. The van der Waals surface area contributed by atoms with E-state index in [1.807, 2.05) is 25.1 Å². The lowest BCUT2D eigenvalue weighted by molar-refractivity contribution is 0.0696. The van der Waals surface area contributed by atoms with E-state index < -0.39 is 11.9 Å². The molecule has 0 radical (unpaired) electrons. The number of hydrazone groups is 1. The van der Waals surface area contributed by atoms with Crippen molar-refractivity contribution < 1.29 is 23.8 Å². The summed E-state index contributed by atoms with van der Waals surface area (Å²) in [7, 11) is 0. The molecule has 7 nitrogen and oxygen atoms in total. The topological polar surface area (TPSA) is 101 Å². The van der Waals surface area contributed by atoms with Gasteiger partial charge in [-0.2, -0.15) is 5.10 Å². The number of carbonyl (C=O) groups excluding carboxylic acids is 1. The fourth-order valence-electron chi connectivity index (χ4n) is 3.35. The van der Waals surface area contributed by atoms with Crippen LogP contribution in [0, 0.1) is 6.92 Å². The summed E-state index contributed by atoms with van der Waals surface area (Å²) in [4.78, 5) is 24.0. The summed E-state index contributed by atoms with van der Waals surface area (Å²) in [6.07, 6.45) is 1.37. The van der Waals surface area contributed by atoms with Crippen molar-refractivity contribution in [2.45, 2.75) is 13.5 Å². The minimum Gasteiger partial charge on any atom is -0.488 e. The number of hydrogen-bond donors (Lipinski definition) is 2. The Hall–Kier alpha value is -4.36. The van der Waals surface area contributed by atoms with Crippen molar-refractivity contribution in [1.29, 1.82) is 0 Å². The maximum Gasteiger partial charge on any atom is 0.335 e. The van der Waals surface area contributed by atoms with Gasteiger partial charge in [-0.1, -0.05) is 48.0 Å². The number of para-hydroxylation sites is 1. The molecule has 176 valence electrons. The Labute approximate surface area is 206 Å². The average Bonchev–Trinajstić information content (AvgIpc) is 3.32. The van der Waals surface area contributed by atoms with Crippen LogP contribution >= 0.6 is 11.6 Å².